The molecule has 5 heteroatoms. The second-order valence-corrected chi connectivity index (χ2v) is 4.63. The van der Waals surface area contributed by atoms with Crippen molar-refractivity contribution >= 4 is 5.97 Å². The predicted octanol–water partition coefficient (Wildman–Crippen LogP) is 3.92. The van der Waals surface area contributed by atoms with Gasteiger partial charge in [0.15, 0.2) is 11.6 Å². The number of halogens is 2. The summed E-state index contributed by atoms with van der Waals surface area (Å²) in [7, 11) is 0. The van der Waals surface area contributed by atoms with Gasteiger partial charge in [-0.25, -0.2) is 14.2 Å². The van der Waals surface area contributed by atoms with E-state index in [0.717, 1.165) is 37.1 Å². The van der Waals surface area contributed by atoms with Crippen molar-refractivity contribution in [3.63, 3.8) is 0 Å². The first kappa shape index (κ1) is 15.1. The lowest BCUT2D eigenvalue weighted by atomic mass is 10.1. The largest absolute Gasteiger partial charge is 0.421 e. The molecule has 0 saturated heterocycles. The molecule has 0 aliphatic heterocycles. The van der Waals surface area contributed by atoms with Crippen LogP contribution in [0.3, 0.4) is 0 Å². The lowest BCUT2D eigenvalue weighted by Gasteiger charge is -2.05. The highest BCUT2D eigenvalue weighted by atomic mass is 19.2. The number of carbonyl (C=O) groups is 1. The van der Waals surface area contributed by atoms with Gasteiger partial charge in [0.25, 0.3) is 0 Å². The Balaban J connectivity index is 2.04. The van der Waals surface area contributed by atoms with E-state index in [1.165, 1.54) is 0 Å². The van der Waals surface area contributed by atoms with Crippen LogP contribution in [0.2, 0.25) is 0 Å². The number of rotatable bonds is 5. The highest BCUT2D eigenvalue weighted by Crippen LogP contribution is 2.15. The summed E-state index contributed by atoms with van der Waals surface area (Å²) in [5, 5.41) is 0. The molecular weight excluding hydrogens is 276 g/mol. The molecule has 1 aromatic carbocycles. The molecule has 2 aromatic rings. The van der Waals surface area contributed by atoms with Gasteiger partial charge in [0.1, 0.15) is 0 Å². The molecule has 0 amide bonds. The second kappa shape index (κ2) is 6.92. The van der Waals surface area contributed by atoms with Crippen molar-refractivity contribution < 1.29 is 18.3 Å². The van der Waals surface area contributed by atoms with Gasteiger partial charge in [0.05, 0.1) is 11.8 Å². The van der Waals surface area contributed by atoms with Crippen LogP contribution in [-0.2, 0) is 6.42 Å². The van der Waals surface area contributed by atoms with Crippen molar-refractivity contribution in [1.82, 2.24) is 4.98 Å². The van der Waals surface area contributed by atoms with E-state index in [0.29, 0.717) is 5.56 Å². The van der Waals surface area contributed by atoms with Gasteiger partial charge in [-0.15, -0.1) is 0 Å². The summed E-state index contributed by atoms with van der Waals surface area (Å²) in [6.45, 7) is 2.11. The van der Waals surface area contributed by atoms with Crippen LogP contribution in [0.5, 0.6) is 5.75 Å². The summed E-state index contributed by atoms with van der Waals surface area (Å²) in [5.74, 6) is -3.15. The minimum absolute atomic E-state index is 0.131. The highest BCUT2D eigenvalue weighted by molar-refractivity contribution is 5.91. The third kappa shape index (κ3) is 4.08. The molecule has 0 aliphatic rings. The molecule has 0 fully saturated rings. The standard InChI is InChI=1S/C16H15F2NO2/c1-2-3-4-11-5-7-12(8-6-11)16(20)21-13-9-14(17)15(18)19-10-13/h5-10H,2-4H2,1H3. The van der Waals surface area contributed by atoms with Gasteiger partial charge in [0, 0.05) is 6.07 Å². The number of nitrogens with zero attached hydrogens (tertiary/aromatic N) is 1. The van der Waals surface area contributed by atoms with Crippen molar-refractivity contribution in [3.8, 4) is 5.75 Å². The van der Waals surface area contributed by atoms with Crippen LogP contribution in [0.15, 0.2) is 36.5 Å². The Morgan fingerprint density at radius 1 is 1.24 bits per heavy atom. The maximum absolute atomic E-state index is 13.0. The highest BCUT2D eigenvalue weighted by Gasteiger charge is 2.11. The van der Waals surface area contributed by atoms with Crippen LogP contribution in [-0.4, -0.2) is 11.0 Å². The third-order valence-corrected chi connectivity index (χ3v) is 2.99. The second-order valence-electron chi connectivity index (χ2n) is 4.63. The molecule has 110 valence electrons. The molecular formula is C16H15F2NO2. The number of unbranched alkanes of at least 4 members (excludes halogenated alkanes) is 1. The monoisotopic (exact) mass is 291 g/mol. The van der Waals surface area contributed by atoms with Gasteiger partial charge in [-0.2, -0.15) is 4.39 Å². The van der Waals surface area contributed by atoms with Crippen LogP contribution in [0.4, 0.5) is 8.78 Å². The maximum Gasteiger partial charge on any atom is 0.343 e. The minimum atomic E-state index is -1.23. The number of ether oxygens (including phenoxy) is 1. The Morgan fingerprint density at radius 2 is 1.95 bits per heavy atom. The Kier molecular flexibility index (Phi) is 4.98. The lowest BCUT2D eigenvalue weighted by molar-refractivity contribution is 0.0733. The zero-order chi connectivity index (χ0) is 15.2. The molecule has 0 aliphatic carbocycles. The third-order valence-electron chi connectivity index (χ3n) is 2.99. The Bertz CT molecular complexity index is 627. The molecule has 0 radical (unpaired) electrons. The first-order chi connectivity index (χ1) is 10.1. The first-order valence-electron chi connectivity index (χ1n) is 6.72. The maximum atomic E-state index is 13.0. The van der Waals surface area contributed by atoms with Crippen molar-refractivity contribution in [2.24, 2.45) is 0 Å². The Morgan fingerprint density at radius 3 is 2.57 bits per heavy atom. The number of benzene rings is 1. The van der Waals surface area contributed by atoms with Crippen LogP contribution >= 0.6 is 0 Å². The number of aromatic nitrogens is 1. The van der Waals surface area contributed by atoms with Gasteiger partial charge in [0.2, 0.25) is 5.95 Å². The molecule has 0 bridgehead atoms. The normalized spacial score (nSPS) is 10.4. The molecule has 0 atom stereocenters. The Labute approximate surface area is 121 Å². The van der Waals surface area contributed by atoms with Gasteiger partial charge in [-0.1, -0.05) is 25.5 Å². The molecule has 21 heavy (non-hydrogen) atoms. The predicted molar refractivity (Wildman–Crippen MR) is 74.2 cm³/mol. The molecule has 2 rings (SSSR count). The van der Waals surface area contributed by atoms with E-state index in [9.17, 15) is 13.6 Å². The molecule has 3 nitrogen and oxygen atoms in total. The van der Waals surface area contributed by atoms with E-state index in [1.807, 2.05) is 12.1 Å². The number of pyridine rings is 1. The summed E-state index contributed by atoms with van der Waals surface area (Å²) in [6.07, 6.45) is 4.11. The molecule has 0 unspecified atom stereocenters. The summed E-state index contributed by atoms with van der Waals surface area (Å²) >= 11 is 0. The minimum Gasteiger partial charge on any atom is -0.421 e. The van der Waals surface area contributed by atoms with Crippen LogP contribution in [0.1, 0.15) is 35.7 Å². The molecule has 0 spiro atoms. The van der Waals surface area contributed by atoms with Gasteiger partial charge < -0.3 is 4.74 Å². The zero-order valence-corrected chi connectivity index (χ0v) is 11.6. The van der Waals surface area contributed by atoms with Gasteiger partial charge in [-0.05, 0) is 30.5 Å². The molecule has 0 saturated carbocycles. The number of hydrogen-bond acceptors (Lipinski definition) is 3. The van der Waals surface area contributed by atoms with Crippen molar-refractivity contribution in [1.29, 1.82) is 0 Å². The Hall–Kier alpha value is -2.30. The van der Waals surface area contributed by atoms with E-state index in [2.05, 4.69) is 11.9 Å². The summed E-state index contributed by atoms with van der Waals surface area (Å²) < 4.78 is 30.6. The average Bonchev–Trinajstić information content (AvgIpc) is 2.49. The van der Waals surface area contributed by atoms with Gasteiger partial charge >= 0.3 is 5.97 Å². The number of aryl methyl sites for hydroxylation is 1. The molecule has 0 N–H and O–H groups in total. The van der Waals surface area contributed by atoms with E-state index in [1.54, 1.807) is 12.1 Å². The smallest absolute Gasteiger partial charge is 0.343 e. The SMILES string of the molecule is CCCCc1ccc(C(=O)Oc2cnc(F)c(F)c2)cc1. The van der Waals surface area contributed by atoms with Crippen molar-refractivity contribution in [2.45, 2.75) is 26.2 Å². The number of carbonyl (C=O) groups excluding carboxylic acids is 1. The average molecular weight is 291 g/mol. The van der Waals surface area contributed by atoms with E-state index in [4.69, 9.17) is 4.74 Å². The van der Waals surface area contributed by atoms with E-state index in [-0.39, 0.29) is 5.75 Å². The fraction of sp³-hybridized carbons (Fsp3) is 0.250. The number of esters is 1. The van der Waals surface area contributed by atoms with E-state index >= 15 is 0 Å². The fourth-order valence-electron chi connectivity index (χ4n) is 1.81. The lowest BCUT2D eigenvalue weighted by Crippen LogP contribution is -2.09. The summed E-state index contributed by atoms with van der Waals surface area (Å²) in [6, 6.07) is 7.81. The molecule has 1 heterocycles. The first-order valence-corrected chi connectivity index (χ1v) is 6.72. The van der Waals surface area contributed by atoms with Crippen LogP contribution in [0, 0.1) is 11.8 Å². The van der Waals surface area contributed by atoms with Crippen LogP contribution in [0.25, 0.3) is 0 Å². The number of hydrogen-bond donors (Lipinski definition) is 0. The summed E-state index contributed by atoms with van der Waals surface area (Å²) in [4.78, 5) is 15.0. The topological polar surface area (TPSA) is 39.2 Å². The van der Waals surface area contributed by atoms with E-state index < -0.39 is 17.7 Å². The quantitative estimate of drug-likeness (QED) is 0.619. The van der Waals surface area contributed by atoms with Crippen molar-refractivity contribution in [2.75, 3.05) is 0 Å². The summed E-state index contributed by atoms with van der Waals surface area (Å²) in [5.41, 5.74) is 1.49. The fourth-order valence-corrected chi connectivity index (χ4v) is 1.81. The van der Waals surface area contributed by atoms with Crippen LogP contribution < -0.4 is 4.74 Å². The zero-order valence-electron chi connectivity index (χ0n) is 11.6. The molecule has 1 aromatic heterocycles. The van der Waals surface area contributed by atoms with Gasteiger partial charge in [-0.3, -0.25) is 0 Å². The van der Waals surface area contributed by atoms with Crippen molar-refractivity contribution in [3.05, 3.63) is 59.4 Å².